The summed E-state index contributed by atoms with van der Waals surface area (Å²) in [7, 11) is -4.26. The molecule has 90 valence electrons. The van der Waals surface area contributed by atoms with Crippen LogP contribution in [-0.2, 0) is 14.8 Å². The lowest BCUT2D eigenvalue weighted by atomic mass is 10.4. The number of nitrogens with two attached hydrogens (primary N) is 1. The van der Waals surface area contributed by atoms with E-state index in [-0.39, 0.29) is 11.5 Å². The number of carbonyl (C=O) groups excluding carboxylic acids is 1. The summed E-state index contributed by atoms with van der Waals surface area (Å²) >= 11 is 0.653. The zero-order valence-electron chi connectivity index (χ0n) is 8.40. The van der Waals surface area contributed by atoms with Gasteiger partial charge in [-0.25, -0.2) is 22.7 Å². The number of thiophene rings is 1. The van der Waals surface area contributed by atoms with E-state index in [2.05, 4.69) is 0 Å². The predicted molar refractivity (Wildman–Crippen MR) is 56.2 cm³/mol. The highest BCUT2D eigenvalue weighted by molar-refractivity contribution is 7.89. The first-order valence-electron chi connectivity index (χ1n) is 4.34. The molecule has 0 unspecified atom stereocenters. The first-order chi connectivity index (χ1) is 7.38. The number of primary sulfonamides is 1. The van der Waals surface area contributed by atoms with Crippen molar-refractivity contribution in [2.45, 2.75) is 18.2 Å². The van der Waals surface area contributed by atoms with Gasteiger partial charge in [-0.15, -0.1) is 11.3 Å². The van der Waals surface area contributed by atoms with Gasteiger partial charge in [-0.2, -0.15) is 0 Å². The van der Waals surface area contributed by atoms with Crippen molar-refractivity contribution in [2.75, 3.05) is 6.61 Å². The van der Waals surface area contributed by atoms with Crippen LogP contribution < -0.4 is 5.14 Å². The summed E-state index contributed by atoms with van der Waals surface area (Å²) in [5.41, 5.74) is 0. The Balaban J connectivity index is 3.11. The van der Waals surface area contributed by atoms with E-state index in [1.165, 1.54) is 0 Å². The zero-order chi connectivity index (χ0) is 12.3. The fourth-order valence-electron chi connectivity index (χ4n) is 0.992. The topological polar surface area (TPSA) is 86.5 Å². The minimum atomic E-state index is -4.26. The molecule has 0 aliphatic heterocycles. The highest BCUT2D eigenvalue weighted by Crippen LogP contribution is 2.25. The van der Waals surface area contributed by atoms with E-state index in [0.29, 0.717) is 17.8 Å². The fourth-order valence-corrected chi connectivity index (χ4v) is 2.93. The van der Waals surface area contributed by atoms with Gasteiger partial charge in [0.1, 0.15) is 9.77 Å². The Morgan fingerprint density at radius 3 is 2.75 bits per heavy atom. The molecule has 0 fully saturated rings. The SMILES string of the molecule is CCCOC(=O)c1scc(F)c1S(N)(=O)=O. The molecule has 0 bridgehead atoms. The van der Waals surface area contributed by atoms with Crippen molar-refractivity contribution >= 4 is 27.3 Å². The Morgan fingerprint density at radius 2 is 2.25 bits per heavy atom. The molecule has 5 nitrogen and oxygen atoms in total. The summed E-state index contributed by atoms with van der Waals surface area (Å²) < 4.78 is 39.9. The van der Waals surface area contributed by atoms with Crippen molar-refractivity contribution < 1.29 is 22.3 Å². The highest BCUT2D eigenvalue weighted by Gasteiger charge is 2.27. The Labute approximate surface area is 96.1 Å². The first-order valence-corrected chi connectivity index (χ1v) is 6.77. The van der Waals surface area contributed by atoms with E-state index < -0.39 is 26.7 Å². The zero-order valence-corrected chi connectivity index (χ0v) is 10.0. The molecule has 0 saturated heterocycles. The van der Waals surface area contributed by atoms with Crippen LogP contribution >= 0.6 is 11.3 Å². The van der Waals surface area contributed by atoms with Crippen LogP contribution in [0, 0.1) is 5.82 Å². The number of sulfonamides is 1. The minimum absolute atomic E-state index is 0.141. The highest BCUT2D eigenvalue weighted by atomic mass is 32.2. The number of ether oxygens (including phenoxy) is 1. The van der Waals surface area contributed by atoms with E-state index in [9.17, 15) is 17.6 Å². The largest absolute Gasteiger partial charge is 0.461 e. The van der Waals surface area contributed by atoms with Gasteiger partial charge in [0, 0.05) is 5.38 Å². The van der Waals surface area contributed by atoms with Gasteiger partial charge in [0.2, 0.25) is 10.0 Å². The Bertz CT molecular complexity index is 494. The second kappa shape index (κ2) is 4.89. The molecule has 0 radical (unpaired) electrons. The summed E-state index contributed by atoms with van der Waals surface area (Å²) in [6.07, 6.45) is 0.588. The molecule has 1 rings (SSSR count). The minimum Gasteiger partial charge on any atom is -0.461 e. The number of halogens is 1. The van der Waals surface area contributed by atoms with Crippen LogP contribution in [0.25, 0.3) is 0 Å². The van der Waals surface area contributed by atoms with E-state index in [4.69, 9.17) is 9.88 Å². The molecule has 0 aliphatic carbocycles. The molecule has 0 spiro atoms. The van der Waals surface area contributed by atoms with Gasteiger partial charge in [-0.05, 0) is 6.42 Å². The van der Waals surface area contributed by atoms with Crippen LogP contribution in [0.5, 0.6) is 0 Å². The third-order valence-electron chi connectivity index (χ3n) is 1.61. The van der Waals surface area contributed by atoms with Crippen molar-refractivity contribution in [3.63, 3.8) is 0 Å². The molecular formula is C8H10FNO4S2. The molecule has 1 heterocycles. The average molecular weight is 267 g/mol. The molecule has 0 aromatic carbocycles. The molecule has 8 heteroatoms. The Morgan fingerprint density at radius 1 is 1.62 bits per heavy atom. The summed E-state index contributed by atoms with van der Waals surface area (Å²) in [5, 5.41) is 5.71. The lowest BCUT2D eigenvalue weighted by Crippen LogP contribution is -2.17. The van der Waals surface area contributed by atoms with Crippen molar-refractivity contribution in [3.05, 3.63) is 16.1 Å². The van der Waals surface area contributed by atoms with Crippen LogP contribution in [0.1, 0.15) is 23.0 Å². The first kappa shape index (κ1) is 13.1. The maximum atomic E-state index is 13.1. The van der Waals surface area contributed by atoms with E-state index in [1.807, 2.05) is 0 Å². The maximum Gasteiger partial charge on any atom is 0.349 e. The van der Waals surface area contributed by atoms with Gasteiger partial charge in [-0.1, -0.05) is 6.92 Å². The quantitative estimate of drug-likeness (QED) is 0.828. The van der Waals surface area contributed by atoms with Gasteiger partial charge in [0.05, 0.1) is 6.61 Å². The molecule has 0 atom stereocenters. The van der Waals surface area contributed by atoms with E-state index in [1.54, 1.807) is 6.92 Å². The Hall–Kier alpha value is -0.990. The second-order valence-corrected chi connectivity index (χ2v) is 5.30. The summed E-state index contributed by atoms with van der Waals surface area (Å²) in [5.74, 6) is -1.91. The van der Waals surface area contributed by atoms with Crippen LogP contribution in [0.3, 0.4) is 0 Å². The molecule has 0 saturated carbocycles. The lowest BCUT2D eigenvalue weighted by Gasteiger charge is -2.02. The summed E-state index contributed by atoms with van der Waals surface area (Å²) in [4.78, 5) is 10.3. The summed E-state index contributed by atoms with van der Waals surface area (Å²) in [6.45, 7) is 1.92. The molecule has 0 amide bonds. The molecule has 16 heavy (non-hydrogen) atoms. The molecule has 2 N–H and O–H groups in total. The maximum absolute atomic E-state index is 13.1. The van der Waals surface area contributed by atoms with E-state index in [0.717, 1.165) is 5.38 Å². The monoisotopic (exact) mass is 267 g/mol. The van der Waals surface area contributed by atoms with Gasteiger partial charge >= 0.3 is 5.97 Å². The number of hydrogen-bond acceptors (Lipinski definition) is 5. The van der Waals surface area contributed by atoms with Gasteiger partial charge in [0.25, 0.3) is 0 Å². The number of rotatable bonds is 4. The summed E-state index contributed by atoms with van der Waals surface area (Å²) in [6, 6.07) is 0. The van der Waals surface area contributed by atoms with E-state index >= 15 is 0 Å². The molecule has 0 aliphatic rings. The smallest absolute Gasteiger partial charge is 0.349 e. The standard InChI is InChI=1S/C8H10FNO4S2/c1-2-3-14-8(11)6-7(16(10,12)13)5(9)4-15-6/h4H,2-3H2,1H3,(H2,10,12,13). The number of hydrogen-bond donors (Lipinski definition) is 1. The van der Waals surface area contributed by atoms with Gasteiger partial charge in [-0.3, -0.25) is 0 Å². The predicted octanol–water partition coefficient (Wildman–Crippen LogP) is 1.10. The van der Waals surface area contributed by atoms with Crippen LogP contribution in [0.4, 0.5) is 4.39 Å². The third kappa shape index (κ3) is 2.77. The average Bonchev–Trinajstić information content (AvgIpc) is 2.56. The number of esters is 1. The van der Waals surface area contributed by atoms with Gasteiger partial charge < -0.3 is 4.74 Å². The molecular weight excluding hydrogens is 257 g/mol. The van der Waals surface area contributed by atoms with Crippen LogP contribution in [0.2, 0.25) is 0 Å². The fraction of sp³-hybridized carbons (Fsp3) is 0.375. The van der Waals surface area contributed by atoms with Crippen molar-refractivity contribution in [1.82, 2.24) is 0 Å². The molecule has 1 aromatic heterocycles. The van der Waals surface area contributed by atoms with Crippen molar-refractivity contribution in [1.29, 1.82) is 0 Å². The number of carbonyl (C=O) groups is 1. The second-order valence-electron chi connectivity index (χ2n) is 2.92. The Kier molecular flexibility index (Phi) is 4.00. The van der Waals surface area contributed by atoms with Crippen molar-refractivity contribution in [3.8, 4) is 0 Å². The van der Waals surface area contributed by atoms with Crippen LogP contribution in [-0.4, -0.2) is 21.0 Å². The van der Waals surface area contributed by atoms with Gasteiger partial charge in [0.15, 0.2) is 5.82 Å². The molecule has 1 aromatic rings. The lowest BCUT2D eigenvalue weighted by molar-refractivity contribution is 0.0506. The normalized spacial score (nSPS) is 11.4. The van der Waals surface area contributed by atoms with Crippen LogP contribution in [0.15, 0.2) is 10.3 Å². The van der Waals surface area contributed by atoms with Crippen molar-refractivity contribution in [2.24, 2.45) is 5.14 Å². The third-order valence-corrected chi connectivity index (χ3v) is 3.64.